The molecule has 2 N–H and O–H groups in total. The van der Waals surface area contributed by atoms with Gasteiger partial charge in [0.2, 0.25) is 0 Å². The Morgan fingerprint density at radius 2 is 1.78 bits per heavy atom. The van der Waals surface area contributed by atoms with Crippen LogP contribution in [0.1, 0.15) is 37.9 Å². The maximum atomic E-state index is 12.1. The topological polar surface area (TPSA) is 175 Å². The summed E-state index contributed by atoms with van der Waals surface area (Å²) in [6.07, 6.45) is 4.10. The molecule has 20 heteroatoms. The monoisotopic (exact) mass is 872 g/mol. The van der Waals surface area contributed by atoms with Crippen molar-refractivity contribution in [3.05, 3.63) is 95.6 Å². The fourth-order valence-corrected chi connectivity index (χ4v) is 6.96. The van der Waals surface area contributed by atoms with E-state index < -0.39 is 21.7 Å². The van der Waals surface area contributed by atoms with Crippen LogP contribution >= 0.6 is 11.3 Å². The van der Waals surface area contributed by atoms with Gasteiger partial charge in [-0.15, -0.1) is 20.7 Å². The standard InChI is InChI=1S/C39H46N8O4S.CHF3O3S/c1-4-45(5-2)31-16-14-30(15-17-31)35-28-52-37(42-35)34-19-18-32(25-36(34)50-24-23-46-22-21-40-38(46)48)47-26-33(44(3)43-47)13-9-10-20-41-39(49)51-27-29-11-7-6-8-12-29;2-1(3,4)8(5,6)7/h6-8,11-12,14-19,25-26,28H,4-5,9-10,13,20-24,27H2,1-3H3,(H-,40,41,48,49);(H,5,6,7). The van der Waals surface area contributed by atoms with Crippen molar-refractivity contribution in [2.45, 2.75) is 45.2 Å². The number of nitrogens with zero attached hydrogens (tertiary/aromatic N) is 6. The van der Waals surface area contributed by atoms with Gasteiger partial charge in [-0.2, -0.15) is 13.2 Å². The number of amides is 3. The second kappa shape index (κ2) is 21.0. The molecule has 1 fully saturated rings. The molecule has 15 nitrogen and oxygen atoms in total. The van der Waals surface area contributed by atoms with Gasteiger partial charge in [-0.25, -0.2) is 23.0 Å². The lowest BCUT2D eigenvalue weighted by Gasteiger charge is -2.20. The van der Waals surface area contributed by atoms with Crippen LogP contribution in [0.5, 0.6) is 5.75 Å². The number of aryl methyl sites for hydroxylation is 2. The van der Waals surface area contributed by atoms with E-state index in [-0.39, 0.29) is 12.6 Å². The zero-order valence-electron chi connectivity index (χ0n) is 33.4. The van der Waals surface area contributed by atoms with Crippen LogP contribution in [-0.2, 0) is 34.9 Å². The number of carbonyl (C=O) groups is 2. The highest BCUT2D eigenvalue weighted by atomic mass is 32.2. The molecule has 0 bridgehead atoms. The number of aromatic nitrogens is 4. The number of rotatable bonds is 17. The number of alkyl halides is 3. The van der Waals surface area contributed by atoms with Gasteiger partial charge in [0.15, 0.2) is 27.7 Å². The third-order valence-electron chi connectivity index (χ3n) is 9.36. The Hall–Kier alpha value is -5.73. The smallest absolute Gasteiger partial charge is 0.485 e. The molecule has 3 amide bonds. The molecule has 1 aliphatic heterocycles. The van der Waals surface area contributed by atoms with Gasteiger partial charge in [0.25, 0.3) is 0 Å². The summed E-state index contributed by atoms with van der Waals surface area (Å²) in [5.41, 5.74) is 1.29. The molecule has 3 aromatic carbocycles. The molecule has 0 unspecified atom stereocenters. The van der Waals surface area contributed by atoms with E-state index in [0.29, 0.717) is 38.5 Å². The fourth-order valence-electron chi connectivity index (χ4n) is 6.10. The highest BCUT2D eigenvalue weighted by Crippen LogP contribution is 2.36. The predicted octanol–water partition coefficient (Wildman–Crippen LogP) is 6.04. The lowest BCUT2D eigenvalue weighted by Crippen LogP contribution is -2.35. The van der Waals surface area contributed by atoms with Gasteiger partial charge in [0.05, 0.1) is 23.0 Å². The first-order valence-corrected chi connectivity index (χ1v) is 21.5. The minimum Gasteiger partial charge on any atom is -0.741 e. The summed E-state index contributed by atoms with van der Waals surface area (Å²) >= 11 is 1.58. The lowest BCUT2D eigenvalue weighted by atomic mass is 10.1. The van der Waals surface area contributed by atoms with Gasteiger partial charge in [-0.1, -0.05) is 42.5 Å². The summed E-state index contributed by atoms with van der Waals surface area (Å²) in [4.78, 5) is 33.3. The molecule has 3 heterocycles. The number of urea groups is 1. The minimum absolute atomic E-state index is 0.0653. The second-order valence-corrected chi connectivity index (χ2v) is 15.7. The molecular formula is C40H47F3N8O7S2. The summed E-state index contributed by atoms with van der Waals surface area (Å²) in [5.74, 6) is 0.680. The van der Waals surface area contributed by atoms with Crippen molar-refractivity contribution in [3.63, 3.8) is 0 Å². The number of ether oxygens (including phenoxy) is 2. The lowest BCUT2D eigenvalue weighted by molar-refractivity contribution is -0.738. The van der Waals surface area contributed by atoms with Crippen LogP contribution in [0.25, 0.3) is 27.5 Å². The largest absolute Gasteiger partial charge is 0.741 e. The SMILES string of the molecule is CCN(CC)c1ccc(-c2csc(-c3ccc(-n4cc(CCCCNC(=O)OCc5ccccc5)[n+](C)n4)cc3OCCN3CCNC3=O)n2)cc1.O=S(=O)([O-])C(F)(F)F. The molecule has 1 saturated heterocycles. The number of unbranched alkanes of at least 4 members (excludes halogenated alkanes) is 1. The molecule has 0 atom stereocenters. The normalized spacial score (nSPS) is 12.7. The highest BCUT2D eigenvalue weighted by molar-refractivity contribution is 7.86. The summed E-state index contributed by atoms with van der Waals surface area (Å²) in [5, 5.41) is 13.4. The van der Waals surface area contributed by atoms with Gasteiger partial charge in [0.1, 0.15) is 31.0 Å². The van der Waals surface area contributed by atoms with Crippen LogP contribution in [0.2, 0.25) is 0 Å². The quantitative estimate of drug-likeness (QED) is 0.0486. The highest BCUT2D eigenvalue weighted by Gasteiger charge is 2.37. The molecule has 0 saturated carbocycles. The molecule has 322 valence electrons. The number of hydrogen-bond acceptors (Lipinski definition) is 11. The maximum Gasteiger partial charge on any atom is 0.485 e. The Balaban J connectivity index is 0.000000774. The summed E-state index contributed by atoms with van der Waals surface area (Å²) in [6, 6.07) is 24.2. The predicted molar refractivity (Wildman–Crippen MR) is 219 cm³/mol. The Bertz CT molecular complexity index is 2290. The van der Waals surface area contributed by atoms with Crippen LogP contribution in [0.3, 0.4) is 0 Å². The van der Waals surface area contributed by atoms with Gasteiger partial charge in [-0.3, -0.25) is 0 Å². The second-order valence-electron chi connectivity index (χ2n) is 13.4. The summed E-state index contributed by atoms with van der Waals surface area (Å²) < 4.78 is 74.3. The van der Waals surface area contributed by atoms with E-state index in [9.17, 15) is 22.8 Å². The van der Waals surface area contributed by atoms with E-state index in [2.05, 4.69) is 59.0 Å². The molecular weight excluding hydrogens is 826 g/mol. The maximum absolute atomic E-state index is 12.1. The molecule has 2 aromatic heterocycles. The average molecular weight is 873 g/mol. The number of benzene rings is 3. The first-order chi connectivity index (χ1) is 28.7. The molecule has 0 aliphatic carbocycles. The molecule has 0 radical (unpaired) electrons. The Labute approximate surface area is 350 Å². The van der Waals surface area contributed by atoms with Gasteiger partial charge < -0.3 is 34.5 Å². The number of carbonyl (C=O) groups excluding carboxylic acids is 2. The van der Waals surface area contributed by atoms with Crippen LogP contribution in [-0.4, -0.2) is 96.3 Å². The van der Waals surface area contributed by atoms with Crippen molar-refractivity contribution in [1.29, 1.82) is 0 Å². The van der Waals surface area contributed by atoms with Crippen molar-refractivity contribution < 1.29 is 49.9 Å². The van der Waals surface area contributed by atoms with Crippen molar-refractivity contribution in [2.24, 2.45) is 7.05 Å². The number of alkyl carbamates (subject to hydrolysis) is 1. The van der Waals surface area contributed by atoms with Gasteiger partial charge in [0, 0.05) is 61.8 Å². The van der Waals surface area contributed by atoms with Crippen LogP contribution in [0.4, 0.5) is 28.4 Å². The molecule has 0 spiro atoms. The van der Waals surface area contributed by atoms with E-state index in [4.69, 9.17) is 32.6 Å². The molecule has 6 rings (SSSR count). The third kappa shape index (κ3) is 12.6. The van der Waals surface area contributed by atoms with Crippen LogP contribution in [0, 0.1) is 0 Å². The summed E-state index contributed by atoms with van der Waals surface area (Å²) in [7, 11) is -4.16. The minimum atomic E-state index is -6.09. The number of halogens is 3. The van der Waals surface area contributed by atoms with Crippen molar-refractivity contribution in [1.82, 2.24) is 30.4 Å². The summed E-state index contributed by atoms with van der Waals surface area (Å²) in [6.45, 7) is 9.18. The van der Waals surface area contributed by atoms with E-state index in [1.165, 1.54) is 5.69 Å². The van der Waals surface area contributed by atoms with E-state index in [1.54, 1.807) is 16.2 Å². The van der Waals surface area contributed by atoms with Crippen LogP contribution < -0.4 is 25.0 Å². The Morgan fingerprint density at radius 3 is 2.43 bits per heavy atom. The molecule has 60 heavy (non-hydrogen) atoms. The molecule has 5 aromatic rings. The van der Waals surface area contributed by atoms with Crippen LogP contribution in [0.15, 0.2) is 84.4 Å². The van der Waals surface area contributed by atoms with E-state index in [1.807, 2.05) is 71.1 Å². The zero-order valence-corrected chi connectivity index (χ0v) is 35.0. The third-order valence-corrected chi connectivity index (χ3v) is 10.8. The number of thiazole rings is 1. The molecule has 1 aliphatic rings. The Morgan fingerprint density at radius 1 is 1.07 bits per heavy atom. The zero-order chi connectivity index (χ0) is 43.3. The Kier molecular flexibility index (Phi) is 15.9. The first kappa shape index (κ1) is 45.4. The van der Waals surface area contributed by atoms with Gasteiger partial charge >= 0.3 is 17.6 Å². The van der Waals surface area contributed by atoms with Gasteiger partial charge in [-0.05, 0) is 56.5 Å². The fraction of sp³-hybridized carbons (Fsp3) is 0.375. The van der Waals surface area contributed by atoms with E-state index in [0.717, 1.165) is 71.1 Å². The number of hydrogen-bond donors (Lipinski definition) is 2. The first-order valence-electron chi connectivity index (χ1n) is 19.2. The van der Waals surface area contributed by atoms with E-state index >= 15 is 0 Å². The number of nitrogens with one attached hydrogen (secondary N) is 2. The number of anilines is 1. The van der Waals surface area contributed by atoms with Crippen molar-refractivity contribution in [3.8, 4) is 33.3 Å². The van der Waals surface area contributed by atoms with Crippen molar-refractivity contribution in [2.75, 3.05) is 50.8 Å². The van der Waals surface area contributed by atoms with Crippen molar-refractivity contribution >= 4 is 39.3 Å². The average Bonchev–Trinajstić information content (AvgIpc) is 3.98.